The number of pyridine rings is 1. The number of benzene rings is 1. The number of aromatic nitrogens is 1. The number of halogens is 1. The fourth-order valence-electron chi connectivity index (χ4n) is 1.52. The number of carbonyl (C=O) groups is 1. The van der Waals surface area contributed by atoms with Gasteiger partial charge in [0.15, 0.2) is 5.78 Å². The predicted octanol–water partition coefficient (Wildman–Crippen LogP) is 2.74. The van der Waals surface area contributed by atoms with Crippen LogP contribution in [0.15, 0.2) is 47.5 Å². The molecule has 2 aromatic rings. The third-order valence-corrected chi connectivity index (χ3v) is 4.17. The highest BCUT2D eigenvalue weighted by atomic mass is 35.5. The van der Waals surface area contributed by atoms with Crippen LogP contribution in [-0.4, -0.2) is 19.2 Å². The van der Waals surface area contributed by atoms with Crippen LogP contribution in [0.1, 0.15) is 17.3 Å². The van der Waals surface area contributed by atoms with Gasteiger partial charge in [0, 0.05) is 5.56 Å². The molecule has 1 aromatic heterocycles. The molecule has 2 rings (SSSR count). The lowest BCUT2D eigenvalue weighted by Gasteiger charge is -2.08. The van der Waals surface area contributed by atoms with E-state index < -0.39 is 10.0 Å². The molecular formula is C13H11ClN2O3S. The number of hydrogen-bond donors (Lipinski definition) is 1. The molecule has 1 N–H and O–H groups in total. The topological polar surface area (TPSA) is 76.1 Å². The largest absolute Gasteiger partial charge is 0.295 e. The molecule has 0 aliphatic rings. The molecule has 1 heterocycles. The fraction of sp³-hybridized carbons (Fsp3) is 0.0769. The summed E-state index contributed by atoms with van der Waals surface area (Å²) in [5.41, 5.74) is 0.766. The fourth-order valence-corrected chi connectivity index (χ4v) is 2.67. The third-order valence-electron chi connectivity index (χ3n) is 2.55. The van der Waals surface area contributed by atoms with E-state index in [0.717, 1.165) is 0 Å². The van der Waals surface area contributed by atoms with Crippen molar-refractivity contribution in [3.05, 3.63) is 53.3 Å². The zero-order valence-corrected chi connectivity index (χ0v) is 12.1. The Morgan fingerprint density at radius 1 is 1.15 bits per heavy atom. The van der Waals surface area contributed by atoms with E-state index in [-0.39, 0.29) is 15.8 Å². The number of hydrogen-bond acceptors (Lipinski definition) is 4. The van der Waals surface area contributed by atoms with Crippen molar-refractivity contribution in [1.82, 2.24) is 4.98 Å². The summed E-state index contributed by atoms with van der Waals surface area (Å²) >= 11 is 5.63. The molecule has 0 saturated carbocycles. The SMILES string of the molecule is CC(=O)c1ccc(S(=O)(=O)Nc2ccc(Cl)nc2)cc1. The molecule has 0 radical (unpaired) electrons. The molecule has 5 nitrogen and oxygen atoms in total. The van der Waals surface area contributed by atoms with Crippen LogP contribution >= 0.6 is 11.6 Å². The van der Waals surface area contributed by atoms with Crippen LogP contribution in [0.5, 0.6) is 0 Å². The molecule has 0 saturated heterocycles. The van der Waals surface area contributed by atoms with Crippen LogP contribution in [0, 0.1) is 0 Å². The van der Waals surface area contributed by atoms with Gasteiger partial charge in [-0.25, -0.2) is 13.4 Å². The Hall–Kier alpha value is -1.92. The van der Waals surface area contributed by atoms with Gasteiger partial charge in [-0.15, -0.1) is 0 Å². The van der Waals surface area contributed by atoms with E-state index in [1.807, 2.05) is 0 Å². The predicted molar refractivity (Wildman–Crippen MR) is 76.5 cm³/mol. The Morgan fingerprint density at radius 3 is 2.30 bits per heavy atom. The van der Waals surface area contributed by atoms with E-state index in [2.05, 4.69) is 9.71 Å². The smallest absolute Gasteiger partial charge is 0.261 e. The molecule has 0 fully saturated rings. The summed E-state index contributed by atoms with van der Waals surface area (Å²) in [5.74, 6) is -0.121. The van der Waals surface area contributed by atoms with Gasteiger partial charge in [0.2, 0.25) is 0 Å². The van der Waals surface area contributed by atoms with Gasteiger partial charge in [-0.3, -0.25) is 9.52 Å². The zero-order valence-electron chi connectivity index (χ0n) is 10.5. The quantitative estimate of drug-likeness (QED) is 0.696. The second-order valence-electron chi connectivity index (χ2n) is 4.06. The number of Topliss-reactive ketones (excluding diaryl/α,β-unsaturated/α-hetero) is 1. The van der Waals surface area contributed by atoms with Crippen molar-refractivity contribution in [2.75, 3.05) is 4.72 Å². The molecule has 0 amide bonds. The second-order valence-corrected chi connectivity index (χ2v) is 6.13. The lowest BCUT2D eigenvalue weighted by Crippen LogP contribution is -2.13. The standard InChI is InChI=1S/C13H11ClN2O3S/c1-9(17)10-2-5-12(6-3-10)20(18,19)16-11-4-7-13(14)15-8-11/h2-8,16H,1H3. The van der Waals surface area contributed by atoms with E-state index in [9.17, 15) is 13.2 Å². The number of anilines is 1. The monoisotopic (exact) mass is 310 g/mol. The van der Waals surface area contributed by atoms with Gasteiger partial charge in [-0.1, -0.05) is 23.7 Å². The second kappa shape index (κ2) is 5.60. The van der Waals surface area contributed by atoms with Crippen LogP contribution in [0.25, 0.3) is 0 Å². The number of nitrogens with zero attached hydrogens (tertiary/aromatic N) is 1. The van der Waals surface area contributed by atoms with Crippen LogP contribution in [0.4, 0.5) is 5.69 Å². The Balaban J connectivity index is 2.26. The maximum atomic E-state index is 12.1. The summed E-state index contributed by atoms with van der Waals surface area (Å²) in [6.07, 6.45) is 1.32. The molecule has 1 aromatic carbocycles. The number of carbonyl (C=O) groups excluding carboxylic acids is 1. The summed E-state index contributed by atoms with van der Waals surface area (Å²) in [6, 6.07) is 8.69. The lowest BCUT2D eigenvalue weighted by molar-refractivity contribution is 0.101. The summed E-state index contributed by atoms with van der Waals surface area (Å²) in [5, 5.41) is 0.277. The van der Waals surface area contributed by atoms with E-state index in [0.29, 0.717) is 11.3 Å². The Labute approximate surface area is 121 Å². The van der Waals surface area contributed by atoms with Crippen molar-refractivity contribution in [1.29, 1.82) is 0 Å². The first-order chi connectivity index (χ1) is 9.38. The summed E-state index contributed by atoms with van der Waals surface area (Å²) < 4.78 is 26.6. The summed E-state index contributed by atoms with van der Waals surface area (Å²) in [6.45, 7) is 1.42. The Morgan fingerprint density at radius 2 is 1.80 bits per heavy atom. The van der Waals surface area contributed by atoms with Crippen molar-refractivity contribution in [2.24, 2.45) is 0 Å². The summed E-state index contributed by atoms with van der Waals surface area (Å²) in [4.78, 5) is 15.0. The van der Waals surface area contributed by atoms with E-state index in [1.165, 1.54) is 49.5 Å². The maximum absolute atomic E-state index is 12.1. The Kier molecular flexibility index (Phi) is 4.06. The molecule has 0 atom stereocenters. The van der Waals surface area contributed by atoms with Gasteiger partial charge in [-0.2, -0.15) is 0 Å². The van der Waals surface area contributed by atoms with Crippen molar-refractivity contribution in [3.63, 3.8) is 0 Å². The first-order valence-corrected chi connectivity index (χ1v) is 7.50. The molecular weight excluding hydrogens is 300 g/mol. The number of sulfonamides is 1. The highest BCUT2D eigenvalue weighted by Gasteiger charge is 2.14. The molecule has 0 unspecified atom stereocenters. The minimum Gasteiger partial charge on any atom is -0.295 e. The molecule has 0 aliphatic heterocycles. The highest BCUT2D eigenvalue weighted by Crippen LogP contribution is 2.17. The molecule has 20 heavy (non-hydrogen) atoms. The molecule has 0 bridgehead atoms. The van der Waals surface area contributed by atoms with Gasteiger partial charge in [0.05, 0.1) is 16.8 Å². The molecule has 104 valence electrons. The van der Waals surface area contributed by atoms with Crippen molar-refractivity contribution >= 4 is 33.1 Å². The van der Waals surface area contributed by atoms with Gasteiger partial charge in [-0.05, 0) is 31.2 Å². The van der Waals surface area contributed by atoms with Gasteiger partial charge < -0.3 is 0 Å². The van der Waals surface area contributed by atoms with E-state index in [4.69, 9.17) is 11.6 Å². The van der Waals surface area contributed by atoms with Gasteiger partial charge >= 0.3 is 0 Å². The summed E-state index contributed by atoms with van der Waals surface area (Å²) in [7, 11) is -3.71. The van der Waals surface area contributed by atoms with Crippen LogP contribution in [0.2, 0.25) is 5.15 Å². The van der Waals surface area contributed by atoms with Crippen molar-refractivity contribution in [2.45, 2.75) is 11.8 Å². The maximum Gasteiger partial charge on any atom is 0.261 e. The zero-order chi connectivity index (χ0) is 14.8. The minimum absolute atomic E-state index is 0.0671. The van der Waals surface area contributed by atoms with Gasteiger partial charge in [0.1, 0.15) is 5.15 Å². The average Bonchev–Trinajstić information content (AvgIpc) is 2.41. The van der Waals surface area contributed by atoms with Crippen LogP contribution < -0.4 is 4.72 Å². The van der Waals surface area contributed by atoms with E-state index in [1.54, 1.807) is 0 Å². The van der Waals surface area contributed by atoms with Crippen LogP contribution in [-0.2, 0) is 10.0 Å². The van der Waals surface area contributed by atoms with Crippen molar-refractivity contribution in [3.8, 4) is 0 Å². The number of ketones is 1. The van der Waals surface area contributed by atoms with Gasteiger partial charge in [0.25, 0.3) is 10.0 Å². The van der Waals surface area contributed by atoms with Crippen molar-refractivity contribution < 1.29 is 13.2 Å². The number of nitrogens with one attached hydrogen (secondary N) is 1. The first-order valence-electron chi connectivity index (χ1n) is 5.64. The normalized spacial score (nSPS) is 11.1. The first kappa shape index (κ1) is 14.5. The molecule has 0 aliphatic carbocycles. The molecule has 7 heteroatoms. The lowest BCUT2D eigenvalue weighted by atomic mass is 10.2. The molecule has 0 spiro atoms. The minimum atomic E-state index is -3.71. The number of rotatable bonds is 4. The third kappa shape index (κ3) is 3.34. The highest BCUT2D eigenvalue weighted by molar-refractivity contribution is 7.92. The Bertz CT molecular complexity index is 725. The van der Waals surface area contributed by atoms with E-state index >= 15 is 0 Å². The van der Waals surface area contributed by atoms with Crippen LogP contribution in [0.3, 0.4) is 0 Å². The average molecular weight is 311 g/mol.